The molecule has 2 aliphatic rings. The van der Waals surface area contributed by atoms with Gasteiger partial charge in [0, 0.05) is 31.7 Å². The van der Waals surface area contributed by atoms with E-state index in [1.807, 2.05) is 0 Å². The fraction of sp³-hybridized carbons (Fsp3) is 1.00. The Morgan fingerprint density at radius 3 is 2.37 bits per heavy atom. The van der Waals surface area contributed by atoms with Crippen LogP contribution in [-0.4, -0.2) is 59.8 Å². The average Bonchev–Trinajstić information content (AvgIpc) is 2.32. The quantitative estimate of drug-likeness (QED) is 0.790. The standard InChI is InChI=1S/C16H32N2O/c1-12-11-18(9-8-17(12)5)14-10-13(16(2,3)4)6-7-15(14)19/h12-15,19H,6-11H2,1-5H3. The largest absolute Gasteiger partial charge is 0.391 e. The second kappa shape index (κ2) is 5.71. The van der Waals surface area contributed by atoms with E-state index < -0.39 is 0 Å². The molecule has 2 fully saturated rings. The molecule has 1 saturated heterocycles. The minimum absolute atomic E-state index is 0.116. The van der Waals surface area contributed by atoms with Gasteiger partial charge in [-0.2, -0.15) is 0 Å². The molecular formula is C16H32N2O. The number of piperazine rings is 1. The summed E-state index contributed by atoms with van der Waals surface area (Å²) in [5, 5.41) is 10.4. The van der Waals surface area contributed by atoms with Crippen LogP contribution in [0.15, 0.2) is 0 Å². The predicted molar refractivity (Wildman–Crippen MR) is 80.3 cm³/mol. The van der Waals surface area contributed by atoms with E-state index in [1.165, 1.54) is 12.8 Å². The van der Waals surface area contributed by atoms with Crippen molar-refractivity contribution in [3.05, 3.63) is 0 Å². The van der Waals surface area contributed by atoms with Crippen molar-refractivity contribution in [1.29, 1.82) is 0 Å². The van der Waals surface area contributed by atoms with Crippen LogP contribution < -0.4 is 0 Å². The zero-order chi connectivity index (χ0) is 14.2. The summed E-state index contributed by atoms with van der Waals surface area (Å²) in [6.45, 7) is 12.7. The van der Waals surface area contributed by atoms with Crippen LogP contribution in [0.3, 0.4) is 0 Å². The maximum absolute atomic E-state index is 10.4. The van der Waals surface area contributed by atoms with E-state index in [2.05, 4.69) is 44.5 Å². The maximum Gasteiger partial charge on any atom is 0.0695 e. The molecule has 1 heterocycles. The van der Waals surface area contributed by atoms with E-state index in [0.717, 1.165) is 32.0 Å². The smallest absolute Gasteiger partial charge is 0.0695 e. The summed E-state index contributed by atoms with van der Waals surface area (Å²) in [7, 11) is 2.21. The molecule has 112 valence electrons. The lowest BCUT2D eigenvalue weighted by atomic mass is 9.70. The molecule has 0 amide bonds. The minimum atomic E-state index is -0.116. The lowest BCUT2D eigenvalue weighted by Gasteiger charge is -2.48. The number of hydrogen-bond acceptors (Lipinski definition) is 3. The van der Waals surface area contributed by atoms with Gasteiger partial charge in [0.05, 0.1) is 6.10 Å². The van der Waals surface area contributed by atoms with E-state index >= 15 is 0 Å². The van der Waals surface area contributed by atoms with Gasteiger partial charge >= 0.3 is 0 Å². The molecule has 0 spiro atoms. The molecule has 0 bridgehead atoms. The number of nitrogens with zero attached hydrogens (tertiary/aromatic N) is 2. The molecule has 0 aromatic carbocycles. The van der Waals surface area contributed by atoms with Gasteiger partial charge in [0.15, 0.2) is 0 Å². The van der Waals surface area contributed by atoms with Gasteiger partial charge in [-0.25, -0.2) is 0 Å². The monoisotopic (exact) mass is 268 g/mol. The first-order chi connectivity index (χ1) is 8.79. The predicted octanol–water partition coefficient (Wildman–Crippen LogP) is 2.20. The van der Waals surface area contributed by atoms with Crippen LogP contribution in [-0.2, 0) is 0 Å². The molecule has 2 rings (SSSR count). The van der Waals surface area contributed by atoms with Crippen molar-refractivity contribution in [2.24, 2.45) is 11.3 Å². The van der Waals surface area contributed by atoms with Crippen LogP contribution in [0.25, 0.3) is 0 Å². The van der Waals surface area contributed by atoms with Crippen LogP contribution in [0.1, 0.15) is 47.0 Å². The molecule has 4 unspecified atom stereocenters. The lowest BCUT2D eigenvalue weighted by Crippen LogP contribution is -2.58. The van der Waals surface area contributed by atoms with Crippen molar-refractivity contribution in [1.82, 2.24) is 9.80 Å². The Labute approximate surface area is 119 Å². The lowest BCUT2D eigenvalue weighted by molar-refractivity contribution is -0.0400. The molecular weight excluding hydrogens is 236 g/mol. The summed E-state index contributed by atoms with van der Waals surface area (Å²) in [6.07, 6.45) is 3.22. The van der Waals surface area contributed by atoms with Crippen LogP contribution >= 0.6 is 0 Å². The van der Waals surface area contributed by atoms with Gasteiger partial charge in [0.1, 0.15) is 0 Å². The van der Waals surface area contributed by atoms with E-state index in [1.54, 1.807) is 0 Å². The van der Waals surface area contributed by atoms with Crippen molar-refractivity contribution in [2.75, 3.05) is 26.7 Å². The van der Waals surface area contributed by atoms with Gasteiger partial charge in [0.25, 0.3) is 0 Å². The van der Waals surface area contributed by atoms with E-state index in [9.17, 15) is 5.11 Å². The Bertz CT molecular complexity index is 300. The number of rotatable bonds is 1. The van der Waals surface area contributed by atoms with Gasteiger partial charge in [-0.3, -0.25) is 4.90 Å². The Hall–Kier alpha value is -0.120. The minimum Gasteiger partial charge on any atom is -0.391 e. The molecule has 1 N–H and O–H groups in total. The molecule has 19 heavy (non-hydrogen) atoms. The number of aliphatic hydroxyl groups excluding tert-OH is 1. The van der Waals surface area contributed by atoms with Gasteiger partial charge in [-0.1, -0.05) is 20.8 Å². The van der Waals surface area contributed by atoms with Crippen molar-refractivity contribution in [3.63, 3.8) is 0 Å². The fourth-order valence-electron chi connectivity index (χ4n) is 3.69. The number of aliphatic hydroxyl groups is 1. The summed E-state index contributed by atoms with van der Waals surface area (Å²) in [5.41, 5.74) is 0.372. The zero-order valence-electron chi connectivity index (χ0n) is 13.4. The molecule has 4 atom stereocenters. The summed E-state index contributed by atoms with van der Waals surface area (Å²) in [6, 6.07) is 0.991. The van der Waals surface area contributed by atoms with Gasteiger partial charge in [-0.05, 0) is 44.6 Å². The van der Waals surface area contributed by atoms with Crippen molar-refractivity contribution < 1.29 is 5.11 Å². The molecule has 1 aliphatic heterocycles. The van der Waals surface area contributed by atoms with Crippen molar-refractivity contribution in [3.8, 4) is 0 Å². The first-order valence-corrected chi connectivity index (χ1v) is 7.91. The fourth-order valence-corrected chi connectivity index (χ4v) is 3.69. The summed E-state index contributed by atoms with van der Waals surface area (Å²) in [5.74, 6) is 0.746. The van der Waals surface area contributed by atoms with Crippen molar-refractivity contribution in [2.45, 2.75) is 65.1 Å². The maximum atomic E-state index is 10.4. The highest BCUT2D eigenvalue weighted by Crippen LogP contribution is 2.39. The van der Waals surface area contributed by atoms with Crippen LogP contribution in [0.4, 0.5) is 0 Å². The topological polar surface area (TPSA) is 26.7 Å². The third kappa shape index (κ3) is 3.50. The molecule has 0 radical (unpaired) electrons. The highest BCUT2D eigenvalue weighted by molar-refractivity contribution is 4.93. The van der Waals surface area contributed by atoms with E-state index in [0.29, 0.717) is 17.5 Å². The Morgan fingerprint density at radius 1 is 1.11 bits per heavy atom. The normalized spacial score (nSPS) is 39.5. The SMILES string of the molecule is CC1CN(C2CC(C(C)(C)C)CCC2O)CCN1C. The first kappa shape index (κ1) is 15.3. The Morgan fingerprint density at radius 2 is 1.79 bits per heavy atom. The van der Waals surface area contributed by atoms with Gasteiger partial charge in [-0.15, -0.1) is 0 Å². The highest BCUT2D eigenvalue weighted by Gasteiger charge is 2.39. The second-order valence-corrected chi connectivity index (χ2v) is 7.84. The van der Waals surface area contributed by atoms with Gasteiger partial charge < -0.3 is 10.0 Å². The highest BCUT2D eigenvalue weighted by atomic mass is 16.3. The Kier molecular flexibility index (Phi) is 4.59. The third-order valence-electron chi connectivity index (χ3n) is 5.47. The molecule has 0 aromatic rings. The van der Waals surface area contributed by atoms with Crippen molar-refractivity contribution >= 4 is 0 Å². The van der Waals surface area contributed by atoms with E-state index in [4.69, 9.17) is 0 Å². The molecule has 0 aromatic heterocycles. The number of likely N-dealkylation sites (N-methyl/N-ethyl adjacent to an activating group) is 1. The van der Waals surface area contributed by atoms with E-state index in [-0.39, 0.29) is 6.10 Å². The third-order valence-corrected chi connectivity index (χ3v) is 5.47. The molecule has 3 heteroatoms. The average molecular weight is 268 g/mol. The van der Waals surface area contributed by atoms with Crippen LogP contribution in [0, 0.1) is 11.3 Å². The summed E-state index contributed by atoms with van der Waals surface area (Å²) in [4.78, 5) is 4.97. The van der Waals surface area contributed by atoms with Gasteiger partial charge in [0.2, 0.25) is 0 Å². The Balaban J connectivity index is 2.01. The second-order valence-electron chi connectivity index (χ2n) is 7.84. The summed E-state index contributed by atoms with van der Waals surface area (Å²) < 4.78 is 0. The number of hydrogen-bond donors (Lipinski definition) is 1. The summed E-state index contributed by atoms with van der Waals surface area (Å²) >= 11 is 0. The zero-order valence-corrected chi connectivity index (χ0v) is 13.4. The molecule has 1 aliphatic carbocycles. The van der Waals surface area contributed by atoms with Crippen LogP contribution in [0.5, 0.6) is 0 Å². The van der Waals surface area contributed by atoms with Crippen LogP contribution in [0.2, 0.25) is 0 Å². The molecule has 1 saturated carbocycles. The first-order valence-electron chi connectivity index (χ1n) is 7.91. The molecule has 3 nitrogen and oxygen atoms in total.